The molecule has 1 aliphatic rings. The summed E-state index contributed by atoms with van der Waals surface area (Å²) in [5.74, 6) is -0.609. The van der Waals surface area contributed by atoms with Crippen molar-refractivity contribution in [3.8, 4) is 0 Å². The van der Waals surface area contributed by atoms with Crippen molar-refractivity contribution in [2.75, 3.05) is 13.2 Å². The molecule has 7 N–H and O–H groups in total. The van der Waals surface area contributed by atoms with Crippen LogP contribution in [0.2, 0.25) is 0 Å². The van der Waals surface area contributed by atoms with Crippen LogP contribution in [0.1, 0.15) is 322 Å². The Morgan fingerprint density at radius 2 is 0.781 bits per heavy atom. The number of unbranched alkanes of at least 4 members (excludes halogenated alkanes) is 45. The fourth-order valence-corrected chi connectivity index (χ4v) is 10.6. The van der Waals surface area contributed by atoms with E-state index in [1.54, 1.807) is 6.08 Å². The van der Waals surface area contributed by atoms with Gasteiger partial charge < -0.3 is 45.4 Å². The average Bonchev–Trinajstić information content (AvgIpc) is 3.39. The second-order valence-corrected chi connectivity index (χ2v) is 22.7. The number of aliphatic hydroxyl groups excluding tert-OH is 6. The van der Waals surface area contributed by atoms with E-state index in [9.17, 15) is 35.4 Å². The number of nitrogens with one attached hydrogen (secondary N) is 1. The lowest BCUT2D eigenvalue weighted by Crippen LogP contribution is -2.60. The fourth-order valence-electron chi connectivity index (χ4n) is 10.6. The first-order valence-corrected chi connectivity index (χ1v) is 32.0. The van der Waals surface area contributed by atoms with E-state index in [-0.39, 0.29) is 6.61 Å². The van der Waals surface area contributed by atoms with E-state index in [4.69, 9.17) is 9.47 Å². The molecule has 1 fully saturated rings. The zero-order valence-corrected chi connectivity index (χ0v) is 48.0. The molecule has 0 aromatic rings. The lowest BCUT2D eigenvalue weighted by molar-refractivity contribution is -0.302. The van der Waals surface area contributed by atoms with Gasteiger partial charge in [-0.1, -0.05) is 315 Å². The first kappa shape index (κ1) is 69.9. The molecule has 8 atom stereocenters. The number of amides is 1. The van der Waals surface area contributed by atoms with Crippen LogP contribution in [-0.2, 0) is 14.3 Å². The summed E-state index contributed by atoms with van der Waals surface area (Å²) in [6.07, 6.45) is 56.4. The molecule has 0 bridgehead atoms. The van der Waals surface area contributed by atoms with Crippen molar-refractivity contribution in [1.82, 2.24) is 5.32 Å². The molecular weight excluding hydrogens is 915 g/mol. The molecule has 73 heavy (non-hydrogen) atoms. The second kappa shape index (κ2) is 52.9. The molecule has 10 nitrogen and oxygen atoms in total. The SMILES string of the molecule is CCCCCCCCCCCCCC/C=C/C(O)C(COC1OC(CO)C(O)C(O)C1O)NC(=O)C(O)CCCCCCCCCCCCCCCCCCCCCCCCCCCCCCCCCCCC. The highest BCUT2D eigenvalue weighted by atomic mass is 16.7. The number of allylic oxidation sites excluding steroid dienone is 1. The molecule has 0 radical (unpaired) electrons. The summed E-state index contributed by atoms with van der Waals surface area (Å²) in [7, 11) is 0. The van der Waals surface area contributed by atoms with Crippen LogP contribution < -0.4 is 5.32 Å². The molecule has 1 heterocycles. The summed E-state index contributed by atoms with van der Waals surface area (Å²) in [5, 5.41) is 65.1. The molecular formula is C63H123NO9. The van der Waals surface area contributed by atoms with Crippen molar-refractivity contribution < 1.29 is 44.9 Å². The molecule has 434 valence electrons. The van der Waals surface area contributed by atoms with E-state index in [0.717, 1.165) is 44.9 Å². The molecule has 8 unspecified atom stereocenters. The fraction of sp³-hybridized carbons (Fsp3) is 0.952. The van der Waals surface area contributed by atoms with Crippen LogP contribution in [0.15, 0.2) is 12.2 Å². The van der Waals surface area contributed by atoms with Gasteiger partial charge in [-0.3, -0.25) is 4.79 Å². The third kappa shape index (κ3) is 41.6. The van der Waals surface area contributed by atoms with Crippen LogP contribution in [0, 0.1) is 0 Å². The van der Waals surface area contributed by atoms with Crippen LogP contribution in [0.5, 0.6) is 0 Å². The maximum Gasteiger partial charge on any atom is 0.249 e. The average molecular weight is 1040 g/mol. The van der Waals surface area contributed by atoms with Crippen LogP contribution >= 0.6 is 0 Å². The van der Waals surface area contributed by atoms with Gasteiger partial charge in [0.25, 0.3) is 0 Å². The van der Waals surface area contributed by atoms with Crippen molar-refractivity contribution in [3.63, 3.8) is 0 Å². The molecule has 0 spiro atoms. The highest BCUT2D eigenvalue weighted by Gasteiger charge is 2.44. The van der Waals surface area contributed by atoms with E-state index < -0.39 is 61.5 Å². The molecule has 0 aromatic carbocycles. The van der Waals surface area contributed by atoms with Gasteiger partial charge in [-0.25, -0.2) is 0 Å². The number of rotatable bonds is 56. The Hall–Kier alpha value is -1.11. The Morgan fingerprint density at radius 1 is 0.466 bits per heavy atom. The third-order valence-electron chi connectivity index (χ3n) is 15.7. The molecule has 0 aromatic heterocycles. The van der Waals surface area contributed by atoms with E-state index in [1.807, 2.05) is 6.08 Å². The molecule has 1 saturated heterocycles. The van der Waals surface area contributed by atoms with Gasteiger partial charge in [0.2, 0.25) is 5.91 Å². The summed E-state index contributed by atoms with van der Waals surface area (Å²) in [5.41, 5.74) is 0. The smallest absolute Gasteiger partial charge is 0.249 e. The largest absolute Gasteiger partial charge is 0.394 e. The Labute approximate surface area is 450 Å². The predicted molar refractivity (Wildman–Crippen MR) is 306 cm³/mol. The molecule has 1 rings (SSSR count). The van der Waals surface area contributed by atoms with Gasteiger partial charge in [0, 0.05) is 0 Å². The minimum atomic E-state index is -1.61. The molecule has 0 aliphatic carbocycles. The van der Waals surface area contributed by atoms with E-state index >= 15 is 0 Å². The van der Waals surface area contributed by atoms with Gasteiger partial charge in [-0.05, 0) is 19.3 Å². The second-order valence-electron chi connectivity index (χ2n) is 22.7. The monoisotopic (exact) mass is 1040 g/mol. The third-order valence-corrected chi connectivity index (χ3v) is 15.7. The Bertz CT molecular complexity index is 1170. The van der Waals surface area contributed by atoms with Gasteiger partial charge in [0.05, 0.1) is 25.4 Å². The number of carbonyl (C=O) groups excluding carboxylic acids is 1. The molecule has 10 heteroatoms. The summed E-state index contributed by atoms with van der Waals surface area (Å²) >= 11 is 0. The first-order valence-electron chi connectivity index (χ1n) is 32.0. The Kier molecular flexibility index (Phi) is 50.7. The van der Waals surface area contributed by atoms with Gasteiger partial charge in [-0.15, -0.1) is 0 Å². The quantitative estimate of drug-likeness (QED) is 0.0232. The Morgan fingerprint density at radius 3 is 1.11 bits per heavy atom. The number of hydrogen-bond acceptors (Lipinski definition) is 9. The summed E-state index contributed by atoms with van der Waals surface area (Å²) in [4.78, 5) is 13.1. The predicted octanol–water partition coefficient (Wildman–Crippen LogP) is 15.3. The van der Waals surface area contributed by atoms with Gasteiger partial charge in [-0.2, -0.15) is 0 Å². The maximum atomic E-state index is 13.1. The number of carbonyl (C=O) groups is 1. The number of hydrogen-bond donors (Lipinski definition) is 7. The Balaban J connectivity index is 2.10. The molecule has 0 saturated carbocycles. The van der Waals surface area contributed by atoms with Crippen molar-refractivity contribution in [1.29, 1.82) is 0 Å². The number of aliphatic hydroxyl groups is 6. The maximum absolute atomic E-state index is 13.1. The summed E-state index contributed by atoms with van der Waals surface area (Å²) in [6, 6.07) is -0.976. The minimum absolute atomic E-state index is 0.301. The van der Waals surface area contributed by atoms with Crippen LogP contribution in [0.4, 0.5) is 0 Å². The van der Waals surface area contributed by atoms with Crippen molar-refractivity contribution >= 4 is 5.91 Å². The lowest BCUT2D eigenvalue weighted by atomic mass is 9.99. The van der Waals surface area contributed by atoms with Crippen molar-refractivity contribution in [3.05, 3.63) is 12.2 Å². The highest BCUT2D eigenvalue weighted by Crippen LogP contribution is 2.23. The van der Waals surface area contributed by atoms with Crippen molar-refractivity contribution in [2.45, 2.75) is 371 Å². The van der Waals surface area contributed by atoms with Crippen LogP contribution in [0.25, 0.3) is 0 Å². The highest BCUT2D eigenvalue weighted by molar-refractivity contribution is 5.80. The van der Waals surface area contributed by atoms with Crippen molar-refractivity contribution in [2.24, 2.45) is 0 Å². The van der Waals surface area contributed by atoms with Crippen LogP contribution in [-0.4, -0.2) is 98.7 Å². The lowest BCUT2D eigenvalue weighted by Gasteiger charge is -2.40. The van der Waals surface area contributed by atoms with E-state index in [1.165, 1.54) is 257 Å². The van der Waals surface area contributed by atoms with E-state index in [2.05, 4.69) is 19.2 Å². The number of ether oxygens (including phenoxy) is 2. The van der Waals surface area contributed by atoms with E-state index in [0.29, 0.717) is 6.42 Å². The summed E-state index contributed by atoms with van der Waals surface area (Å²) < 4.78 is 11.2. The minimum Gasteiger partial charge on any atom is -0.394 e. The van der Waals surface area contributed by atoms with Gasteiger partial charge in [0.1, 0.15) is 30.5 Å². The normalized spacial score (nSPS) is 19.5. The van der Waals surface area contributed by atoms with Gasteiger partial charge in [0.15, 0.2) is 6.29 Å². The molecule has 1 aliphatic heterocycles. The zero-order valence-electron chi connectivity index (χ0n) is 48.0. The van der Waals surface area contributed by atoms with Gasteiger partial charge >= 0.3 is 0 Å². The topological polar surface area (TPSA) is 169 Å². The summed E-state index contributed by atoms with van der Waals surface area (Å²) in [6.45, 7) is 3.65. The standard InChI is InChI=1S/C63H123NO9/c1-3-5-7-9-11-13-15-17-19-20-21-22-23-24-25-26-27-28-29-30-31-32-33-34-35-36-37-38-40-42-44-46-48-50-52-57(67)62(71)64-55(54-72-63-61(70)60(69)59(68)58(53-65)73-63)56(66)51-49-47-45-43-41-39-18-16-14-12-10-8-6-4-2/h49,51,55-61,63,65-70H,3-48,50,52-54H2,1-2H3,(H,64,71)/b51-49+. The van der Waals surface area contributed by atoms with Crippen LogP contribution in [0.3, 0.4) is 0 Å². The first-order chi connectivity index (χ1) is 35.8. The molecule has 1 amide bonds. The zero-order chi connectivity index (χ0) is 53.1.